The van der Waals surface area contributed by atoms with E-state index in [1.54, 1.807) is 0 Å². The zero-order chi connectivity index (χ0) is 10.6. The van der Waals surface area contributed by atoms with E-state index in [0.29, 0.717) is 17.3 Å². The van der Waals surface area contributed by atoms with Crippen molar-refractivity contribution < 1.29 is 14.6 Å². The van der Waals surface area contributed by atoms with E-state index in [9.17, 15) is 4.79 Å². The second-order valence-electron chi connectivity index (χ2n) is 2.56. The average Bonchev–Trinajstić information content (AvgIpc) is 2.55. The Bertz CT molecular complexity index is 326. The van der Waals surface area contributed by atoms with Crippen molar-refractivity contribution in [2.45, 2.75) is 12.8 Å². The Kier molecular flexibility index (Phi) is 4.31. The van der Waals surface area contributed by atoms with Crippen molar-refractivity contribution in [3.8, 4) is 0 Å². The fourth-order valence-electron chi connectivity index (χ4n) is 0.988. The van der Waals surface area contributed by atoms with Crippen LogP contribution >= 0.6 is 22.9 Å². The SMILES string of the molecule is COC(=O)c1nc(Cl)sc1CCCO. The zero-order valence-corrected chi connectivity index (χ0v) is 9.19. The highest BCUT2D eigenvalue weighted by atomic mass is 35.5. The maximum absolute atomic E-state index is 11.2. The Labute approximate surface area is 90.5 Å². The minimum absolute atomic E-state index is 0.0795. The fraction of sp³-hybridized carbons (Fsp3) is 0.500. The van der Waals surface area contributed by atoms with Crippen molar-refractivity contribution in [2.75, 3.05) is 13.7 Å². The van der Waals surface area contributed by atoms with Crippen LogP contribution in [0.5, 0.6) is 0 Å². The van der Waals surface area contributed by atoms with Crippen molar-refractivity contribution in [3.05, 3.63) is 15.0 Å². The molecule has 0 amide bonds. The maximum atomic E-state index is 11.2. The quantitative estimate of drug-likeness (QED) is 0.804. The van der Waals surface area contributed by atoms with Crippen LogP contribution in [-0.2, 0) is 11.2 Å². The molecule has 0 saturated heterocycles. The Hall–Kier alpha value is -0.650. The van der Waals surface area contributed by atoms with E-state index >= 15 is 0 Å². The predicted octanol–water partition coefficient (Wildman–Crippen LogP) is 1.51. The van der Waals surface area contributed by atoms with Gasteiger partial charge in [-0.25, -0.2) is 9.78 Å². The molecule has 1 heterocycles. The number of esters is 1. The number of hydrogen-bond donors (Lipinski definition) is 1. The number of carbonyl (C=O) groups is 1. The molecule has 0 aliphatic heterocycles. The Morgan fingerprint density at radius 1 is 1.71 bits per heavy atom. The van der Waals surface area contributed by atoms with Crippen molar-refractivity contribution in [1.29, 1.82) is 0 Å². The van der Waals surface area contributed by atoms with Crippen molar-refractivity contribution in [2.24, 2.45) is 0 Å². The topological polar surface area (TPSA) is 59.4 Å². The molecule has 0 fully saturated rings. The zero-order valence-electron chi connectivity index (χ0n) is 7.62. The normalized spacial score (nSPS) is 10.2. The van der Waals surface area contributed by atoms with Gasteiger partial charge in [-0.05, 0) is 12.8 Å². The molecule has 0 radical (unpaired) electrons. The van der Waals surface area contributed by atoms with Crippen molar-refractivity contribution in [3.63, 3.8) is 0 Å². The molecular weight excluding hydrogens is 226 g/mol. The van der Waals surface area contributed by atoms with Gasteiger partial charge >= 0.3 is 5.97 Å². The lowest BCUT2D eigenvalue weighted by atomic mass is 10.2. The number of ether oxygens (including phenoxy) is 1. The van der Waals surface area contributed by atoms with Crippen LogP contribution in [0.25, 0.3) is 0 Å². The van der Waals surface area contributed by atoms with Crippen LogP contribution in [-0.4, -0.2) is 29.8 Å². The summed E-state index contributed by atoms with van der Waals surface area (Å²) in [5.74, 6) is -0.485. The van der Waals surface area contributed by atoms with E-state index in [0.717, 1.165) is 4.88 Å². The summed E-state index contributed by atoms with van der Waals surface area (Å²) in [7, 11) is 1.30. The van der Waals surface area contributed by atoms with Gasteiger partial charge < -0.3 is 9.84 Å². The number of thiazole rings is 1. The summed E-state index contributed by atoms with van der Waals surface area (Å²) in [5.41, 5.74) is 0.260. The number of hydrogen-bond acceptors (Lipinski definition) is 5. The Morgan fingerprint density at radius 3 is 3.00 bits per heavy atom. The van der Waals surface area contributed by atoms with E-state index in [4.69, 9.17) is 16.7 Å². The third-order valence-electron chi connectivity index (χ3n) is 1.61. The molecule has 0 bridgehead atoms. The van der Waals surface area contributed by atoms with Gasteiger partial charge in [-0.2, -0.15) is 0 Å². The number of aromatic nitrogens is 1. The van der Waals surface area contributed by atoms with E-state index in [2.05, 4.69) is 9.72 Å². The lowest BCUT2D eigenvalue weighted by Crippen LogP contribution is -2.05. The summed E-state index contributed by atoms with van der Waals surface area (Å²) in [6.07, 6.45) is 1.17. The van der Waals surface area contributed by atoms with Crippen molar-refractivity contribution in [1.82, 2.24) is 4.98 Å². The van der Waals surface area contributed by atoms with Crippen LogP contribution in [0, 0.1) is 0 Å². The van der Waals surface area contributed by atoms with Crippen LogP contribution in [0.3, 0.4) is 0 Å². The van der Waals surface area contributed by atoms with Gasteiger partial charge in [-0.1, -0.05) is 11.6 Å². The molecule has 0 aliphatic carbocycles. The summed E-state index contributed by atoms with van der Waals surface area (Å²) in [6.45, 7) is 0.0795. The highest BCUT2D eigenvalue weighted by Gasteiger charge is 2.17. The molecule has 0 atom stereocenters. The Balaban J connectivity index is 2.85. The number of carbonyl (C=O) groups excluding carboxylic acids is 1. The molecule has 4 nitrogen and oxygen atoms in total. The first kappa shape index (κ1) is 11.4. The van der Waals surface area contributed by atoms with E-state index in [1.165, 1.54) is 18.4 Å². The van der Waals surface area contributed by atoms with E-state index in [1.807, 2.05) is 0 Å². The van der Waals surface area contributed by atoms with Crippen LogP contribution in [0.4, 0.5) is 0 Å². The van der Waals surface area contributed by atoms with Crippen molar-refractivity contribution >= 4 is 28.9 Å². The average molecular weight is 236 g/mol. The van der Waals surface area contributed by atoms with Gasteiger partial charge in [0.25, 0.3) is 0 Å². The highest BCUT2D eigenvalue weighted by molar-refractivity contribution is 7.16. The standard InChI is InChI=1S/C8H10ClNO3S/c1-13-7(12)6-5(3-2-4-11)14-8(9)10-6/h11H,2-4H2,1H3. The van der Waals surface area contributed by atoms with Gasteiger partial charge in [0.1, 0.15) is 0 Å². The third kappa shape index (κ3) is 2.67. The molecular formula is C8H10ClNO3S. The van der Waals surface area contributed by atoms with Crippen LogP contribution in [0.2, 0.25) is 4.47 Å². The number of aliphatic hydroxyl groups is 1. The molecule has 0 aliphatic rings. The largest absolute Gasteiger partial charge is 0.464 e. The summed E-state index contributed by atoms with van der Waals surface area (Å²) in [4.78, 5) is 15.8. The number of rotatable bonds is 4. The highest BCUT2D eigenvalue weighted by Crippen LogP contribution is 2.24. The number of aliphatic hydroxyl groups excluding tert-OH is 1. The summed E-state index contributed by atoms with van der Waals surface area (Å²) in [5, 5.41) is 8.66. The smallest absolute Gasteiger partial charge is 0.357 e. The summed E-state index contributed by atoms with van der Waals surface area (Å²) >= 11 is 6.92. The lowest BCUT2D eigenvalue weighted by Gasteiger charge is -1.98. The second-order valence-corrected chi connectivity index (χ2v) is 4.22. The third-order valence-corrected chi connectivity index (χ3v) is 2.83. The maximum Gasteiger partial charge on any atom is 0.357 e. The summed E-state index contributed by atoms with van der Waals surface area (Å²) < 4.78 is 4.87. The molecule has 14 heavy (non-hydrogen) atoms. The predicted molar refractivity (Wildman–Crippen MR) is 53.9 cm³/mol. The second kappa shape index (κ2) is 5.29. The monoisotopic (exact) mass is 235 g/mol. The van der Waals surface area contributed by atoms with Gasteiger partial charge in [-0.15, -0.1) is 11.3 Å². The molecule has 0 spiro atoms. The number of aryl methyl sites for hydroxylation is 1. The molecule has 1 aromatic rings. The molecule has 0 saturated carbocycles. The molecule has 1 rings (SSSR count). The van der Waals surface area contributed by atoms with Crippen LogP contribution < -0.4 is 0 Å². The lowest BCUT2D eigenvalue weighted by molar-refractivity contribution is 0.0593. The van der Waals surface area contributed by atoms with Gasteiger partial charge in [0.15, 0.2) is 10.2 Å². The molecule has 1 N–H and O–H groups in total. The van der Waals surface area contributed by atoms with Crippen LogP contribution in [0.1, 0.15) is 21.8 Å². The van der Waals surface area contributed by atoms with Gasteiger partial charge in [-0.3, -0.25) is 0 Å². The van der Waals surface area contributed by atoms with Gasteiger partial charge in [0.2, 0.25) is 0 Å². The van der Waals surface area contributed by atoms with Crippen LogP contribution in [0.15, 0.2) is 0 Å². The number of halogens is 1. The molecule has 0 unspecified atom stereocenters. The minimum atomic E-state index is -0.485. The first-order valence-electron chi connectivity index (χ1n) is 4.03. The minimum Gasteiger partial charge on any atom is -0.464 e. The van der Waals surface area contributed by atoms with Gasteiger partial charge in [0, 0.05) is 11.5 Å². The molecule has 1 aromatic heterocycles. The number of nitrogens with zero attached hydrogens (tertiary/aromatic N) is 1. The Morgan fingerprint density at radius 2 is 2.43 bits per heavy atom. The number of methoxy groups -OCH3 is 1. The molecule has 0 aromatic carbocycles. The summed E-state index contributed by atoms with van der Waals surface area (Å²) in [6, 6.07) is 0. The fourth-order valence-corrected chi connectivity index (χ4v) is 2.16. The molecule has 78 valence electrons. The first-order valence-corrected chi connectivity index (χ1v) is 5.23. The molecule has 6 heteroatoms. The van der Waals surface area contributed by atoms with E-state index < -0.39 is 5.97 Å². The van der Waals surface area contributed by atoms with Gasteiger partial charge in [0.05, 0.1) is 7.11 Å². The first-order chi connectivity index (χ1) is 6.69. The van der Waals surface area contributed by atoms with E-state index in [-0.39, 0.29) is 12.3 Å².